The fourth-order valence-electron chi connectivity index (χ4n) is 3.91. The van der Waals surface area contributed by atoms with Crippen molar-refractivity contribution in [1.82, 2.24) is 10.2 Å². The van der Waals surface area contributed by atoms with Gasteiger partial charge in [-0.2, -0.15) is 0 Å². The Bertz CT molecular complexity index is 1370. The van der Waals surface area contributed by atoms with Crippen molar-refractivity contribution in [1.29, 1.82) is 0 Å². The zero-order valence-electron chi connectivity index (χ0n) is 20.9. The van der Waals surface area contributed by atoms with Gasteiger partial charge in [-0.05, 0) is 48.4 Å². The molecular weight excluding hydrogens is 613 g/mol. The number of hydrogen-bond donors (Lipinski definition) is 1. The summed E-state index contributed by atoms with van der Waals surface area (Å²) in [5.41, 5.74) is 1.76. The quantitative estimate of drug-likeness (QED) is 0.308. The van der Waals surface area contributed by atoms with Crippen LogP contribution in [-0.4, -0.2) is 50.5 Å². The molecule has 3 rings (SSSR count). The highest BCUT2D eigenvalue weighted by atomic mass is 79.9. The number of benzene rings is 3. The molecule has 0 spiro atoms. The molecule has 0 radical (unpaired) electrons. The van der Waals surface area contributed by atoms with Crippen molar-refractivity contribution in [3.8, 4) is 0 Å². The van der Waals surface area contributed by atoms with E-state index in [1.54, 1.807) is 6.92 Å². The topological polar surface area (TPSA) is 86.8 Å². The number of anilines is 1. The summed E-state index contributed by atoms with van der Waals surface area (Å²) >= 11 is 15.7. The van der Waals surface area contributed by atoms with Gasteiger partial charge in [0.1, 0.15) is 12.6 Å². The van der Waals surface area contributed by atoms with E-state index in [0.717, 1.165) is 26.2 Å². The maximum absolute atomic E-state index is 13.9. The molecule has 11 heteroatoms. The standard InChI is InChI=1S/C27H28BrCl2N3O4S/c1-3-31-27(35)25(15-19-7-5-4-6-8-19)32(17-20-9-11-21(28)12-10-20)26(34)18-33(38(2,36)37)24-14-13-22(29)16-23(24)30/h4-14,16,25H,3,15,17-18H2,1-2H3,(H,31,35). The van der Waals surface area contributed by atoms with E-state index in [0.29, 0.717) is 11.6 Å². The van der Waals surface area contributed by atoms with E-state index < -0.39 is 28.5 Å². The Hall–Kier alpha value is -2.59. The van der Waals surface area contributed by atoms with Crippen molar-refractivity contribution in [2.75, 3.05) is 23.7 Å². The number of nitrogens with zero attached hydrogens (tertiary/aromatic N) is 2. The molecule has 0 heterocycles. The molecule has 1 unspecified atom stereocenters. The van der Waals surface area contributed by atoms with Crippen LogP contribution < -0.4 is 9.62 Å². The first-order valence-electron chi connectivity index (χ1n) is 11.8. The average Bonchev–Trinajstić information content (AvgIpc) is 2.86. The summed E-state index contributed by atoms with van der Waals surface area (Å²) in [4.78, 5) is 28.6. The van der Waals surface area contributed by atoms with Crippen molar-refractivity contribution in [3.63, 3.8) is 0 Å². The van der Waals surface area contributed by atoms with Gasteiger partial charge in [-0.1, -0.05) is 81.6 Å². The Labute approximate surface area is 241 Å². The van der Waals surface area contributed by atoms with Gasteiger partial charge >= 0.3 is 0 Å². The van der Waals surface area contributed by atoms with Crippen LogP contribution in [0.25, 0.3) is 0 Å². The number of halogens is 3. The number of rotatable bonds is 11. The third-order valence-electron chi connectivity index (χ3n) is 5.75. The summed E-state index contributed by atoms with van der Waals surface area (Å²) in [7, 11) is -3.92. The Morgan fingerprint density at radius 2 is 1.63 bits per heavy atom. The monoisotopic (exact) mass is 639 g/mol. The van der Waals surface area contributed by atoms with Crippen LogP contribution in [0, 0.1) is 0 Å². The largest absolute Gasteiger partial charge is 0.355 e. The minimum atomic E-state index is -3.92. The zero-order valence-corrected chi connectivity index (χ0v) is 24.8. The van der Waals surface area contributed by atoms with E-state index in [4.69, 9.17) is 23.2 Å². The lowest BCUT2D eigenvalue weighted by Gasteiger charge is -2.33. The first kappa shape index (κ1) is 30.0. The van der Waals surface area contributed by atoms with Crippen LogP contribution in [0.3, 0.4) is 0 Å². The predicted octanol–water partition coefficient (Wildman–Crippen LogP) is 5.30. The van der Waals surface area contributed by atoms with E-state index in [9.17, 15) is 18.0 Å². The molecule has 0 saturated carbocycles. The lowest BCUT2D eigenvalue weighted by atomic mass is 10.0. The van der Waals surface area contributed by atoms with Crippen molar-refractivity contribution < 1.29 is 18.0 Å². The van der Waals surface area contributed by atoms with Crippen LogP contribution in [0.5, 0.6) is 0 Å². The molecule has 3 aromatic carbocycles. The summed E-state index contributed by atoms with van der Waals surface area (Å²) in [5.74, 6) is -0.895. The molecule has 38 heavy (non-hydrogen) atoms. The van der Waals surface area contributed by atoms with E-state index in [1.165, 1.54) is 23.1 Å². The Balaban J connectivity index is 2.05. The minimum absolute atomic E-state index is 0.0831. The predicted molar refractivity (Wildman–Crippen MR) is 156 cm³/mol. The molecule has 1 N–H and O–H groups in total. The molecule has 0 aliphatic rings. The second-order valence-electron chi connectivity index (χ2n) is 8.61. The van der Waals surface area contributed by atoms with Crippen LogP contribution in [0.1, 0.15) is 18.1 Å². The molecular formula is C27H28BrCl2N3O4S. The normalized spacial score (nSPS) is 12.0. The van der Waals surface area contributed by atoms with Crippen LogP contribution >= 0.6 is 39.1 Å². The molecule has 7 nitrogen and oxygen atoms in total. The van der Waals surface area contributed by atoms with Gasteiger partial charge in [0.05, 0.1) is 17.0 Å². The fourth-order valence-corrected chi connectivity index (χ4v) is 5.60. The Morgan fingerprint density at radius 1 is 0.974 bits per heavy atom. The molecule has 0 aromatic heterocycles. The van der Waals surface area contributed by atoms with Gasteiger partial charge in [0, 0.05) is 29.0 Å². The smallest absolute Gasteiger partial charge is 0.244 e. The van der Waals surface area contributed by atoms with E-state index in [1.807, 2.05) is 54.6 Å². The number of amides is 2. The molecule has 0 aliphatic carbocycles. The first-order valence-corrected chi connectivity index (χ1v) is 15.2. The molecule has 3 aromatic rings. The molecule has 1 atom stereocenters. The minimum Gasteiger partial charge on any atom is -0.355 e. The van der Waals surface area contributed by atoms with Gasteiger partial charge in [-0.25, -0.2) is 8.42 Å². The molecule has 2 amide bonds. The van der Waals surface area contributed by atoms with Crippen molar-refractivity contribution in [3.05, 3.63) is 98.4 Å². The van der Waals surface area contributed by atoms with Crippen molar-refractivity contribution in [2.24, 2.45) is 0 Å². The number of hydrogen-bond acceptors (Lipinski definition) is 4. The molecule has 0 aliphatic heterocycles. The third-order valence-corrected chi connectivity index (χ3v) is 7.94. The molecule has 0 bridgehead atoms. The van der Waals surface area contributed by atoms with Crippen LogP contribution in [0.15, 0.2) is 77.3 Å². The lowest BCUT2D eigenvalue weighted by Crippen LogP contribution is -2.53. The number of likely N-dealkylation sites (N-methyl/N-ethyl adjacent to an activating group) is 1. The molecule has 0 fully saturated rings. The number of carbonyl (C=O) groups is 2. The van der Waals surface area contributed by atoms with E-state index in [-0.39, 0.29) is 29.6 Å². The van der Waals surface area contributed by atoms with Gasteiger partial charge in [-0.3, -0.25) is 13.9 Å². The van der Waals surface area contributed by atoms with Crippen molar-refractivity contribution >= 4 is 66.7 Å². The number of carbonyl (C=O) groups excluding carboxylic acids is 2. The third kappa shape index (κ3) is 8.20. The van der Waals surface area contributed by atoms with Crippen LogP contribution in [0.4, 0.5) is 5.69 Å². The summed E-state index contributed by atoms with van der Waals surface area (Å²) in [6, 6.07) is 20.2. The second-order valence-corrected chi connectivity index (χ2v) is 12.3. The van der Waals surface area contributed by atoms with Gasteiger partial charge in [-0.15, -0.1) is 0 Å². The summed E-state index contributed by atoms with van der Waals surface area (Å²) in [6.07, 6.45) is 1.24. The summed E-state index contributed by atoms with van der Waals surface area (Å²) < 4.78 is 27.4. The van der Waals surface area contributed by atoms with Crippen LogP contribution in [-0.2, 0) is 32.6 Å². The lowest BCUT2D eigenvalue weighted by molar-refractivity contribution is -0.140. The highest BCUT2D eigenvalue weighted by Gasteiger charge is 2.33. The number of nitrogens with one attached hydrogen (secondary N) is 1. The molecule has 202 valence electrons. The highest BCUT2D eigenvalue weighted by Crippen LogP contribution is 2.30. The highest BCUT2D eigenvalue weighted by molar-refractivity contribution is 9.10. The maximum atomic E-state index is 13.9. The maximum Gasteiger partial charge on any atom is 0.244 e. The first-order chi connectivity index (χ1) is 18.0. The fraction of sp³-hybridized carbons (Fsp3) is 0.259. The average molecular weight is 641 g/mol. The van der Waals surface area contributed by atoms with Gasteiger partial charge in [0.2, 0.25) is 21.8 Å². The van der Waals surface area contributed by atoms with E-state index >= 15 is 0 Å². The zero-order chi connectivity index (χ0) is 27.9. The van der Waals surface area contributed by atoms with Gasteiger partial charge in [0.25, 0.3) is 0 Å². The Morgan fingerprint density at radius 3 is 2.21 bits per heavy atom. The SMILES string of the molecule is CCNC(=O)C(Cc1ccccc1)N(Cc1ccc(Br)cc1)C(=O)CN(c1ccc(Cl)cc1Cl)S(C)(=O)=O. The summed E-state index contributed by atoms with van der Waals surface area (Å²) in [5, 5.41) is 3.23. The van der Waals surface area contributed by atoms with Crippen molar-refractivity contribution in [2.45, 2.75) is 25.9 Å². The summed E-state index contributed by atoms with van der Waals surface area (Å²) in [6.45, 7) is 1.71. The Kier molecular flexibility index (Phi) is 10.6. The van der Waals surface area contributed by atoms with Gasteiger partial charge in [0.15, 0.2) is 0 Å². The van der Waals surface area contributed by atoms with E-state index in [2.05, 4.69) is 21.2 Å². The van der Waals surface area contributed by atoms with Crippen LogP contribution in [0.2, 0.25) is 10.0 Å². The molecule has 0 saturated heterocycles. The van der Waals surface area contributed by atoms with Gasteiger partial charge < -0.3 is 10.2 Å². The second kappa shape index (κ2) is 13.5. The number of sulfonamides is 1.